The van der Waals surface area contributed by atoms with Crippen LogP contribution in [0.3, 0.4) is 0 Å². The molecule has 0 bridgehead atoms. The van der Waals surface area contributed by atoms with Gasteiger partial charge in [0.15, 0.2) is 7.38 Å². The van der Waals surface area contributed by atoms with Gasteiger partial charge in [-0.15, -0.1) is 0 Å². The molecule has 0 saturated carbocycles. The van der Waals surface area contributed by atoms with Gasteiger partial charge in [-0.25, -0.2) is 4.98 Å². The van der Waals surface area contributed by atoms with Crippen LogP contribution < -0.4 is 0 Å². The molecule has 0 aromatic carbocycles. The predicted molar refractivity (Wildman–Crippen MR) is 54.9 cm³/mol. The summed E-state index contributed by atoms with van der Waals surface area (Å²) in [5.41, 5.74) is 0. The first-order chi connectivity index (χ1) is 5.36. The fraction of sp³-hybridized carbons (Fsp3) is 0.625. The lowest BCUT2D eigenvalue weighted by Crippen LogP contribution is -2.43. The second-order valence-electron chi connectivity index (χ2n) is 4.04. The van der Waals surface area contributed by atoms with E-state index in [-0.39, 0.29) is 5.04 Å². The van der Waals surface area contributed by atoms with Gasteiger partial charge in [-0.05, 0) is 0 Å². The number of rotatable bonds is 2. The Morgan fingerprint density at radius 3 is 2.42 bits per heavy atom. The largest absolute Gasteiger partial charge is 0.348 e. The molecule has 0 fully saturated rings. The van der Waals surface area contributed by atoms with E-state index in [2.05, 4.69) is 36.9 Å². The van der Waals surface area contributed by atoms with Gasteiger partial charge in [-0.1, -0.05) is 26.9 Å². The Morgan fingerprint density at radius 1 is 1.50 bits per heavy atom. The van der Waals surface area contributed by atoms with Gasteiger partial charge in [-0.3, -0.25) is 0 Å². The van der Waals surface area contributed by atoms with Gasteiger partial charge in [0.1, 0.15) is 5.82 Å². The lowest BCUT2D eigenvalue weighted by molar-refractivity contribution is 0.679. The molecule has 0 unspecified atom stereocenters. The van der Waals surface area contributed by atoms with Crippen LogP contribution in [-0.2, 0) is 5.04 Å². The topological polar surface area (TPSA) is 28.7 Å². The third-order valence-electron chi connectivity index (χ3n) is 2.58. The van der Waals surface area contributed by atoms with E-state index in [9.17, 15) is 0 Å². The van der Waals surface area contributed by atoms with Crippen LogP contribution in [0.15, 0.2) is 12.4 Å². The second kappa shape index (κ2) is 2.89. The number of nitrogens with one attached hydrogen (secondary N) is 1. The van der Waals surface area contributed by atoms with E-state index in [1.165, 1.54) is 0 Å². The molecule has 68 valence electrons. The Kier molecular flexibility index (Phi) is 2.36. The molecular weight excluding hydrogens is 188 g/mol. The SMILES string of the molecule is CC(C)(c1ncc[nH]1)[Si](C)(C)Cl. The zero-order chi connectivity index (χ0) is 9.41. The summed E-state index contributed by atoms with van der Waals surface area (Å²) in [6.07, 6.45) is 3.61. The maximum atomic E-state index is 6.40. The number of aromatic nitrogens is 2. The second-order valence-corrected chi connectivity index (χ2v) is 11.1. The summed E-state index contributed by atoms with van der Waals surface area (Å²) in [5.74, 6) is 0.995. The van der Waals surface area contributed by atoms with E-state index in [1.807, 2.05) is 6.20 Å². The number of imidazole rings is 1. The van der Waals surface area contributed by atoms with Gasteiger partial charge >= 0.3 is 0 Å². The lowest BCUT2D eigenvalue weighted by atomic mass is 10.2. The van der Waals surface area contributed by atoms with Gasteiger partial charge in [0.25, 0.3) is 0 Å². The Labute approximate surface area is 79.1 Å². The zero-order valence-corrected chi connectivity index (χ0v) is 9.74. The van der Waals surface area contributed by atoms with Crippen LogP contribution in [0.2, 0.25) is 13.1 Å². The van der Waals surface area contributed by atoms with E-state index >= 15 is 0 Å². The number of nitrogens with zero attached hydrogens (tertiary/aromatic N) is 1. The number of H-pyrrole nitrogens is 1. The molecule has 0 amide bonds. The van der Waals surface area contributed by atoms with E-state index in [0.29, 0.717) is 0 Å². The molecule has 1 aromatic heterocycles. The van der Waals surface area contributed by atoms with Crippen molar-refractivity contribution in [2.45, 2.75) is 32.0 Å². The number of halogens is 1. The van der Waals surface area contributed by atoms with Gasteiger partial charge < -0.3 is 4.98 Å². The molecule has 1 aromatic rings. The minimum absolute atomic E-state index is 0.00193. The molecule has 0 aliphatic heterocycles. The summed E-state index contributed by atoms with van der Waals surface area (Å²) in [6.45, 7) is 8.56. The normalized spacial score (nSPS) is 13.4. The van der Waals surface area contributed by atoms with Crippen LogP contribution in [0, 0.1) is 0 Å². The van der Waals surface area contributed by atoms with Crippen LogP contribution in [0.1, 0.15) is 19.7 Å². The lowest BCUT2D eigenvalue weighted by Gasteiger charge is -2.32. The Bertz CT molecular complexity index is 249. The molecule has 0 aliphatic rings. The highest BCUT2D eigenvalue weighted by molar-refractivity contribution is 7.20. The molecule has 2 nitrogen and oxygen atoms in total. The highest BCUT2D eigenvalue weighted by Gasteiger charge is 2.41. The van der Waals surface area contributed by atoms with Crippen molar-refractivity contribution in [2.24, 2.45) is 0 Å². The van der Waals surface area contributed by atoms with E-state index in [0.717, 1.165) is 5.82 Å². The van der Waals surface area contributed by atoms with E-state index in [4.69, 9.17) is 11.1 Å². The maximum Gasteiger partial charge on any atom is 0.163 e. The van der Waals surface area contributed by atoms with Gasteiger partial charge in [-0.2, -0.15) is 11.1 Å². The molecule has 1 heterocycles. The Hall–Kier alpha value is -0.283. The molecule has 0 atom stereocenters. The average Bonchev–Trinajstić information content (AvgIpc) is 2.34. The first-order valence-corrected chi connectivity index (χ1v) is 8.05. The molecule has 1 N–H and O–H groups in total. The van der Waals surface area contributed by atoms with Crippen LogP contribution in [0.4, 0.5) is 0 Å². The predicted octanol–water partition coefficient (Wildman–Crippen LogP) is 2.67. The van der Waals surface area contributed by atoms with E-state index < -0.39 is 7.38 Å². The summed E-state index contributed by atoms with van der Waals surface area (Å²) in [5, 5.41) is -0.00193. The van der Waals surface area contributed by atoms with Crippen molar-refractivity contribution in [3.63, 3.8) is 0 Å². The van der Waals surface area contributed by atoms with Crippen LogP contribution in [0.5, 0.6) is 0 Å². The van der Waals surface area contributed by atoms with Crippen LogP contribution >= 0.6 is 11.1 Å². The standard InChI is InChI=1S/C8H15ClN2Si/c1-8(2,12(3,4)9)7-10-5-6-11-7/h5-6H,1-4H3,(H,10,11). The Morgan fingerprint density at radius 2 is 2.08 bits per heavy atom. The molecular formula is C8H15ClN2Si. The maximum absolute atomic E-state index is 6.40. The molecule has 0 spiro atoms. The van der Waals surface area contributed by atoms with Gasteiger partial charge in [0, 0.05) is 17.4 Å². The first-order valence-electron chi connectivity index (χ1n) is 4.04. The number of aromatic amines is 1. The Balaban J connectivity index is 3.02. The van der Waals surface area contributed by atoms with Crippen LogP contribution in [0.25, 0.3) is 0 Å². The summed E-state index contributed by atoms with van der Waals surface area (Å²) in [7, 11) is -1.71. The summed E-state index contributed by atoms with van der Waals surface area (Å²) >= 11 is 6.40. The smallest absolute Gasteiger partial charge is 0.163 e. The monoisotopic (exact) mass is 202 g/mol. The summed E-state index contributed by atoms with van der Waals surface area (Å²) in [4.78, 5) is 7.37. The van der Waals surface area contributed by atoms with E-state index in [1.54, 1.807) is 6.20 Å². The molecule has 4 heteroatoms. The average molecular weight is 203 g/mol. The fourth-order valence-corrected chi connectivity index (χ4v) is 1.86. The van der Waals surface area contributed by atoms with Crippen molar-refractivity contribution in [3.8, 4) is 0 Å². The highest BCUT2D eigenvalue weighted by atomic mass is 35.6. The summed E-state index contributed by atoms with van der Waals surface area (Å²) in [6, 6.07) is 0. The fourth-order valence-electron chi connectivity index (χ4n) is 0.889. The minimum Gasteiger partial charge on any atom is -0.348 e. The molecule has 1 rings (SSSR count). The molecule has 0 aliphatic carbocycles. The summed E-state index contributed by atoms with van der Waals surface area (Å²) < 4.78 is 0. The molecule has 0 radical (unpaired) electrons. The van der Waals surface area contributed by atoms with Crippen molar-refractivity contribution in [1.29, 1.82) is 0 Å². The van der Waals surface area contributed by atoms with Crippen molar-refractivity contribution >= 4 is 18.5 Å². The highest BCUT2D eigenvalue weighted by Crippen LogP contribution is 2.33. The third kappa shape index (κ3) is 1.57. The third-order valence-corrected chi connectivity index (χ3v) is 7.20. The number of hydrogen-bond acceptors (Lipinski definition) is 1. The van der Waals surface area contributed by atoms with Crippen LogP contribution in [-0.4, -0.2) is 17.4 Å². The van der Waals surface area contributed by atoms with Crippen molar-refractivity contribution < 1.29 is 0 Å². The first kappa shape index (κ1) is 9.80. The van der Waals surface area contributed by atoms with Gasteiger partial charge in [0.05, 0.1) is 0 Å². The van der Waals surface area contributed by atoms with Crippen molar-refractivity contribution in [2.75, 3.05) is 0 Å². The number of hydrogen-bond donors (Lipinski definition) is 1. The minimum atomic E-state index is -1.71. The molecule has 12 heavy (non-hydrogen) atoms. The quantitative estimate of drug-likeness (QED) is 0.580. The molecule has 0 saturated heterocycles. The van der Waals surface area contributed by atoms with Crippen molar-refractivity contribution in [3.05, 3.63) is 18.2 Å². The van der Waals surface area contributed by atoms with Gasteiger partial charge in [0.2, 0.25) is 0 Å². The zero-order valence-electron chi connectivity index (χ0n) is 7.98. The van der Waals surface area contributed by atoms with Crippen molar-refractivity contribution in [1.82, 2.24) is 9.97 Å².